The molecule has 6 nitrogen and oxygen atoms in total. The summed E-state index contributed by atoms with van der Waals surface area (Å²) in [7, 11) is 0. The molecule has 0 aromatic carbocycles. The van der Waals surface area contributed by atoms with Gasteiger partial charge in [0.2, 0.25) is 0 Å². The van der Waals surface area contributed by atoms with Gasteiger partial charge in [0.15, 0.2) is 5.69 Å². The fourth-order valence-corrected chi connectivity index (χ4v) is 2.32. The van der Waals surface area contributed by atoms with Crippen LogP contribution < -0.4 is 5.32 Å². The lowest BCUT2D eigenvalue weighted by molar-refractivity contribution is 0.0946. The highest BCUT2D eigenvalue weighted by molar-refractivity contribution is 9.10. The van der Waals surface area contributed by atoms with Crippen molar-refractivity contribution in [3.05, 3.63) is 34.3 Å². The predicted molar refractivity (Wildman–Crippen MR) is 79.5 cm³/mol. The van der Waals surface area contributed by atoms with Crippen LogP contribution in [-0.2, 0) is 13.1 Å². The maximum atomic E-state index is 12.0. The number of halogens is 1. The number of hydrogen-bond acceptors (Lipinski definition) is 3. The average molecular weight is 340 g/mol. The van der Waals surface area contributed by atoms with Crippen molar-refractivity contribution in [3.8, 4) is 0 Å². The van der Waals surface area contributed by atoms with E-state index in [1.165, 1.54) is 0 Å². The summed E-state index contributed by atoms with van der Waals surface area (Å²) in [5.41, 5.74) is 1.44. The van der Waals surface area contributed by atoms with E-state index in [4.69, 9.17) is 0 Å². The fraction of sp³-hybridized carbons (Fsp3) is 0.462. The van der Waals surface area contributed by atoms with Gasteiger partial charge in [-0.3, -0.25) is 14.2 Å². The molecule has 1 N–H and O–H groups in total. The minimum Gasteiger partial charge on any atom is -0.351 e. The minimum absolute atomic E-state index is 0.152. The molecule has 2 aromatic rings. The summed E-state index contributed by atoms with van der Waals surface area (Å²) in [5.74, 6) is -0.152. The lowest BCUT2D eigenvalue weighted by Crippen LogP contribution is -2.26. The number of carbonyl (C=O) groups excluding carboxylic acids is 1. The number of rotatable bonds is 6. The van der Waals surface area contributed by atoms with Gasteiger partial charge in [-0.05, 0) is 42.3 Å². The van der Waals surface area contributed by atoms with Gasteiger partial charge < -0.3 is 5.32 Å². The van der Waals surface area contributed by atoms with E-state index in [0.29, 0.717) is 12.2 Å². The van der Waals surface area contributed by atoms with Crippen molar-refractivity contribution in [3.63, 3.8) is 0 Å². The Balaban J connectivity index is 1.78. The Bertz CT molecular complexity index is 589. The second-order valence-corrected chi connectivity index (χ2v) is 5.37. The van der Waals surface area contributed by atoms with E-state index in [1.807, 2.05) is 30.8 Å². The molecule has 0 spiro atoms. The van der Waals surface area contributed by atoms with E-state index in [0.717, 1.165) is 29.7 Å². The Morgan fingerprint density at radius 1 is 1.40 bits per heavy atom. The van der Waals surface area contributed by atoms with Gasteiger partial charge in [-0.15, -0.1) is 0 Å². The van der Waals surface area contributed by atoms with Crippen LogP contribution in [0.3, 0.4) is 0 Å². The van der Waals surface area contributed by atoms with E-state index in [-0.39, 0.29) is 5.91 Å². The Hall–Kier alpha value is -1.63. The molecule has 2 rings (SSSR count). The van der Waals surface area contributed by atoms with E-state index in [1.54, 1.807) is 10.9 Å². The summed E-state index contributed by atoms with van der Waals surface area (Å²) in [6.45, 7) is 6.07. The van der Waals surface area contributed by atoms with Crippen LogP contribution in [0.2, 0.25) is 0 Å². The van der Waals surface area contributed by atoms with Crippen molar-refractivity contribution in [2.75, 3.05) is 6.54 Å². The van der Waals surface area contributed by atoms with Crippen molar-refractivity contribution < 1.29 is 4.79 Å². The number of hydrogen-bond donors (Lipinski definition) is 1. The van der Waals surface area contributed by atoms with Crippen molar-refractivity contribution in [1.29, 1.82) is 0 Å². The maximum Gasteiger partial charge on any atom is 0.272 e. The molecule has 2 heterocycles. The van der Waals surface area contributed by atoms with Crippen LogP contribution in [0, 0.1) is 6.92 Å². The molecule has 20 heavy (non-hydrogen) atoms. The molecular weight excluding hydrogens is 322 g/mol. The Morgan fingerprint density at radius 3 is 2.80 bits per heavy atom. The number of carbonyl (C=O) groups is 1. The monoisotopic (exact) mass is 339 g/mol. The third-order valence-corrected chi connectivity index (χ3v) is 3.46. The molecule has 0 saturated heterocycles. The summed E-state index contributed by atoms with van der Waals surface area (Å²) in [4.78, 5) is 12.0. The van der Waals surface area contributed by atoms with Crippen LogP contribution in [0.1, 0.15) is 29.5 Å². The maximum absolute atomic E-state index is 12.0. The second kappa shape index (κ2) is 6.69. The average Bonchev–Trinajstić information content (AvgIpc) is 3.00. The minimum atomic E-state index is -0.152. The number of nitrogens with zero attached hydrogens (tertiary/aromatic N) is 4. The summed E-state index contributed by atoms with van der Waals surface area (Å²) >= 11 is 3.35. The van der Waals surface area contributed by atoms with Crippen LogP contribution in [-0.4, -0.2) is 32.0 Å². The van der Waals surface area contributed by atoms with Gasteiger partial charge in [-0.1, -0.05) is 0 Å². The summed E-state index contributed by atoms with van der Waals surface area (Å²) in [6, 6.07) is 1.97. The van der Waals surface area contributed by atoms with Crippen molar-refractivity contribution >= 4 is 21.8 Å². The van der Waals surface area contributed by atoms with Crippen LogP contribution in [0.15, 0.2) is 22.9 Å². The SMILES string of the molecule is CCn1cc(Br)c(C(=O)NCCCn2ccc(C)n2)n1. The van der Waals surface area contributed by atoms with Crippen LogP contribution in [0.4, 0.5) is 0 Å². The molecule has 0 aliphatic heterocycles. The van der Waals surface area contributed by atoms with Crippen molar-refractivity contribution in [2.24, 2.45) is 0 Å². The van der Waals surface area contributed by atoms with E-state index in [2.05, 4.69) is 31.4 Å². The van der Waals surface area contributed by atoms with Gasteiger partial charge in [0, 0.05) is 32.0 Å². The second-order valence-electron chi connectivity index (χ2n) is 4.51. The number of aryl methyl sites for hydroxylation is 3. The largest absolute Gasteiger partial charge is 0.351 e. The van der Waals surface area contributed by atoms with Crippen molar-refractivity contribution in [2.45, 2.75) is 33.4 Å². The highest BCUT2D eigenvalue weighted by atomic mass is 79.9. The van der Waals surface area contributed by atoms with E-state index in [9.17, 15) is 4.79 Å². The van der Waals surface area contributed by atoms with Crippen molar-refractivity contribution in [1.82, 2.24) is 24.9 Å². The third kappa shape index (κ3) is 3.69. The van der Waals surface area contributed by atoms with E-state index >= 15 is 0 Å². The molecular formula is C13H18BrN5O. The van der Waals surface area contributed by atoms with Gasteiger partial charge in [-0.2, -0.15) is 10.2 Å². The molecule has 0 radical (unpaired) electrons. The zero-order valence-corrected chi connectivity index (χ0v) is 13.2. The highest BCUT2D eigenvalue weighted by Gasteiger charge is 2.14. The first-order valence-corrected chi connectivity index (χ1v) is 7.40. The number of amides is 1. The molecule has 1 amide bonds. The van der Waals surface area contributed by atoms with E-state index < -0.39 is 0 Å². The zero-order valence-electron chi connectivity index (χ0n) is 11.6. The van der Waals surface area contributed by atoms with Gasteiger partial charge in [0.05, 0.1) is 10.2 Å². The summed E-state index contributed by atoms with van der Waals surface area (Å²) in [6.07, 6.45) is 4.58. The molecule has 2 aromatic heterocycles. The van der Waals surface area contributed by atoms with Gasteiger partial charge in [-0.25, -0.2) is 0 Å². The Labute approximate surface area is 126 Å². The standard InChI is InChI=1S/C13H18BrN5O/c1-3-18-9-11(14)12(17-18)13(20)15-6-4-7-19-8-5-10(2)16-19/h5,8-9H,3-4,6-7H2,1-2H3,(H,15,20). The quantitative estimate of drug-likeness (QED) is 0.818. The summed E-state index contributed by atoms with van der Waals surface area (Å²) < 4.78 is 4.33. The Morgan fingerprint density at radius 2 is 2.20 bits per heavy atom. The zero-order chi connectivity index (χ0) is 14.5. The normalized spacial score (nSPS) is 10.8. The molecule has 0 aliphatic carbocycles. The first-order chi connectivity index (χ1) is 9.60. The van der Waals surface area contributed by atoms with Gasteiger partial charge >= 0.3 is 0 Å². The first-order valence-electron chi connectivity index (χ1n) is 6.61. The Kier molecular flexibility index (Phi) is 4.94. The smallest absolute Gasteiger partial charge is 0.272 e. The lowest BCUT2D eigenvalue weighted by Gasteiger charge is -2.04. The molecule has 0 aliphatic rings. The topological polar surface area (TPSA) is 64.7 Å². The number of aromatic nitrogens is 4. The van der Waals surface area contributed by atoms with Crippen LogP contribution in [0.25, 0.3) is 0 Å². The molecule has 0 bridgehead atoms. The van der Waals surface area contributed by atoms with Gasteiger partial charge in [0.25, 0.3) is 5.91 Å². The molecule has 0 atom stereocenters. The van der Waals surface area contributed by atoms with Gasteiger partial charge in [0.1, 0.15) is 0 Å². The number of nitrogens with one attached hydrogen (secondary N) is 1. The molecule has 0 saturated carbocycles. The molecule has 0 unspecified atom stereocenters. The van der Waals surface area contributed by atoms with Crippen LogP contribution >= 0.6 is 15.9 Å². The predicted octanol–water partition coefficient (Wildman–Crippen LogP) is 1.99. The third-order valence-electron chi connectivity index (χ3n) is 2.88. The molecule has 108 valence electrons. The van der Waals surface area contributed by atoms with Crippen LogP contribution in [0.5, 0.6) is 0 Å². The summed E-state index contributed by atoms with van der Waals surface area (Å²) in [5, 5.41) is 11.4. The first kappa shape index (κ1) is 14.8. The fourth-order valence-electron chi connectivity index (χ4n) is 1.83. The lowest BCUT2D eigenvalue weighted by atomic mass is 10.3. The highest BCUT2D eigenvalue weighted by Crippen LogP contribution is 2.14. The molecule has 0 fully saturated rings. The molecule has 7 heteroatoms.